The molecule has 0 aliphatic heterocycles. The summed E-state index contributed by atoms with van der Waals surface area (Å²) in [6.07, 6.45) is 1.43. The Bertz CT molecular complexity index is 543. The molecular formula is C17H24O4. The number of hydrogen-bond donors (Lipinski definition) is 2. The third-order valence-corrected chi connectivity index (χ3v) is 5.95. The Labute approximate surface area is 125 Å². The summed E-state index contributed by atoms with van der Waals surface area (Å²) in [6.45, 7) is 7.64. The van der Waals surface area contributed by atoms with Gasteiger partial charge in [0.2, 0.25) is 0 Å². The average Bonchev–Trinajstić information content (AvgIpc) is 3.24. The van der Waals surface area contributed by atoms with E-state index in [1.807, 2.05) is 6.92 Å². The number of allylic oxidation sites excluding steroid dienone is 1. The minimum atomic E-state index is -0.975. The van der Waals surface area contributed by atoms with Crippen LogP contribution in [0, 0.1) is 16.7 Å². The molecule has 4 nitrogen and oxygen atoms in total. The van der Waals surface area contributed by atoms with Crippen molar-refractivity contribution in [3.05, 3.63) is 23.3 Å². The molecular weight excluding hydrogens is 268 g/mol. The molecule has 0 aromatic rings. The van der Waals surface area contributed by atoms with E-state index in [0.29, 0.717) is 5.57 Å². The molecule has 3 rings (SSSR count). The van der Waals surface area contributed by atoms with Gasteiger partial charge in [-0.25, -0.2) is 0 Å². The molecule has 0 saturated heterocycles. The Morgan fingerprint density at radius 1 is 1.43 bits per heavy atom. The molecule has 1 spiro atoms. The summed E-state index contributed by atoms with van der Waals surface area (Å²) in [6, 6.07) is 0. The molecule has 4 atom stereocenters. The van der Waals surface area contributed by atoms with Crippen LogP contribution in [-0.2, 0) is 9.53 Å². The fraction of sp³-hybridized carbons (Fsp3) is 0.706. The van der Waals surface area contributed by atoms with Gasteiger partial charge in [0.25, 0.3) is 0 Å². The summed E-state index contributed by atoms with van der Waals surface area (Å²) in [5.41, 5.74) is 1.50. The summed E-state index contributed by atoms with van der Waals surface area (Å²) in [5.74, 6) is -0.454. The Morgan fingerprint density at radius 2 is 2.05 bits per heavy atom. The number of methoxy groups -OCH3 is 1. The molecule has 0 aromatic heterocycles. The van der Waals surface area contributed by atoms with Crippen molar-refractivity contribution in [1.82, 2.24) is 0 Å². The van der Waals surface area contributed by atoms with Gasteiger partial charge in [0.1, 0.15) is 0 Å². The van der Waals surface area contributed by atoms with Gasteiger partial charge in [-0.05, 0) is 31.8 Å². The first kappa shape index (κ1) is 14.9. The molecule has 4 unspecified atom stereocenters. The molecule has 0 radical (unpaired) electrons. The van der Waals surface area contributed by atoms with E-state index in [-0.39, 0.29) is 17.8 Å². The molecule has 116 valence electrons. The number of carbonyl (C=O) groups is 1. The van der Waals surface area contributed by atoms with Gasteiger partial charge in [0.15, 0.2) is 5.78 Å². The molecule has 0 heterocycles. The number of ether oxygens (including phenoxy) is 1. The first-order chi connectivity index (χ1) is 9.89. The predicted octanol–water partition coefficient (Wildman–Crippen LogP) is 1.62. The van der Waals surface area contributed by atoms with Gasteiger partial charge in [-0.15, -0.1) is 0 Å². The van der Waals surface area contributed by atoms with E-state index in [9.17, 15) is 15.0 Å². The molecule has 0 bridgehead atoms. The highest BCUT2D eigenvalue weighted by molar-refractivity contribution is 6.05. The lowest BCUT2D eigenvalue weighted by Crippen LogP contribution is -2.44. The zero-order valence-corrected chi connectivity index (χ0v) is 13.0. The lowest BCUT2D eigenvalue weighted by atomic mass is 9.69. The van der Waals surface area contributed by atoms with Crippen LogP contribution < -0.4 is 0 Å². The van der Waals surface area contributed by atoms with E-state index in [4.69, 9.17) is 4.74 Å². The summed E-state index contributed by atoms with van der Waals surface area (Å²) >= 11 is 0. The number of hydrogen-bond acceptors (Lipinski definition) is 4. The third-order valence-electron chi connectivity index (χ3n) is 5.95. The van der Waals surface area contributed by atoms with E-state index < -0.39 is 23.5 Å². The number of aliphatic hydroxyl groups is 2. The predicted molar refractivity (Wildman–Crippen MR) is 78.6 cm³/mol. The standard InChI is InChI=1S/C17H24O4/c1-5-10-11-12(13(19)9(2)17(10)6-7-17)15(21-4)16(3,8-18)14(11)20/h12-13,15,18-19H,2,5-8H2,1,3-4H3. The largest absolute Gasteiger partial charge is 0.395 e. The molecule has 2 saturated carbocycles. The van der Waals surface area contributed by atoms with Gasteiger partial charge in [0.05, 0.1) is 24.2 Å². The molecule has 2 N–H and O–H groups in total. The number of fused-ring (bicyclic) bond motifs is 1. The van der Waals surface area contributed by atoms with Crippen molar-refractivity contribution < 1.29 is 19.7 Å². The summed E-state index contributed by atoms with van der Waals surface area (Å²) in [4.78, 5) is 13.0. The first-order valence-electron chi connectivity index (χ1n) is 7.68. The Balaban J connectivity index is 2.24. The van der Waals surface area contributed by atoms with Crippen LogP contribution in [0.2, 0.25) is 0 Å². The lowest BCUT2D eigenvalue weighted by molar-refractivity contribution is -0.131. The quantitative estimate of drug-likeness (QED) is 0.776. The van der Waals surface area contributed by atoms with Crippen LogP contribution in [0.1, 0.15) is 33.1 Å². The van der Waals surface area contributed by atoms with Crippen molar-refractivity contribution in [2.24, 2.45) is 16.7 Å². The smallest absolute Gasteiger partial charge is 0.170 e. The normalized spacial score (nSPS) is 40.9. The van der Waals surface area contributed by atoms with Crippen LogP contribution >= 0.6 is 0 Å². The van der Waals surface area contributed by atoms with Gasteiger partial charge in [0, 0.05) is 24.0 Å². The lowest BCUT2D eigenvalue weighted by Gasteiger charge is -2.38. The van der Waals surface area contributed by atoms with Crippen molar-refractivity contribution in [2.45, 2.75) is 45.3 Å². The highest BCUT2D eigenvalue weighted by Crippen LogP contribution is 2.66. The molecule has 3 aliphatic carbocycles. The zero-order chi connectivity index (χ0) is 15.6. The van der Waals surface area contributed by atoms with Crippen LogP contribution in [0.3, 0.4) is 0 Å². The highest BCUT2D eigenvalue weighted by atomic mass is 16.5. The number of Topliss-reactive ketones (excluding diaryl/α,β-unsaturated/α-hetero) is 1. The monoisotopic (exact) mass is 292 g/mol. The third kappa shape index (κ3) is 1.58. The van der Waals surface area contributed by atoms with Crippen molar-refractivity contribution in [3.63, 3.8) is 0 Å². The minimum Gasteiger partial charge on any atom is -0.395 e. The minimum absolute atomic E-state index is 0.0588. The number of ketones is 1. The molecule has 4 heteroatoms. The van der Waals surface area contributed by atoms with Crippen LogP contribution in [0.25, 0.3) is 0 Å². The Kier molecular flexibility index (Phi) is 3.21. The highest BCUT2D eigenvalue weighted by Gasteiger charge is 2.65. The molecule has 2 fully saturated rings. The number of carbonyl (C=O) groups excluding carboxylic acids is 1. The second-order valence-corrected chi connectivity index (χ2v) is 6.88. The van der Waals surface area contributed by atoms with Gasteiger partial charge in [-0.1, -0.05) is 19.1 Å². The van der Waals surface area contributed by atoms with Crippen molar-refractivity contribution >= 4 is 5.78 Å². The van der Waals surface area contributed by atoms with Crippen LogP contribution in [-0.4, -0.2) is 41.9 Å². The van der Waals surface area contributed by atoms with Gasteiger partial charge in [-0.3, -0.25) is 4.79 Å². The summed E-state index contributed by atoms with van der Waals surface area (Å²) in [7, 11) is 1.54. The van der Waals surface area contributed by atoms with E-state index in [1.54, 1.807) is 6.92 Å². The average molecular weight is 292 g/mol. The van der Waals surface area contributed by atoms with Crippen LogP contribution in [0.15, 0.2) is 23.3 Å². The van der Waals surface area contributed by atoms with E-state index in [1.165, 1.54) is 7.11 Å². The number of rotatable bonds is 3. The van der Waals surface area contributed by atoms with Crippen molar-refractivity contribution in [3.8, 4) is 0 Å². The second-order valence-electron chi connectivity index (χ2n) is 6.88. The van der Waals surface area contributed by atoms with Gasteiger partial charge >= 0.3 is 0 Å². The summed E-state index contributed by atoms with van der Waals surface area (Å²) < 4.78 is 5.54. The van der Waals surface area contributed by atoms with Gasteiger partial charge < -0.3 is 14.9 Å². The van der Waals surface area contributed by atoms with E-state index in [0.717, 1.165) is 30.4 Å². The first-order valence-corrected chi connectivity index (χ1v) is 7.68. The fourth-order valence-electron chi connectivity index (χ4n) is 4.59. The zero-order valence-electron chi connectivity index (χ0n) is 13.0. The fourth-order valence-corrected chi connectivity index (χ4v) is 4.59. The number of aliphatic hydroxyl groups excluding tert-OH is 2. The van der Waals surface area contributed by atoms with Crippen LogP contribution in [0.5, 0.6) is 0 Å². The molecule has 0 amide bonds. The molecule has 3 aliphatic rings. The molecule has 0 aromatic carbocycles. The van der Waals surface area contributed by atoms with E-state index >= 15 is 0 Å². The maximum atomic E-state index is 13.0. The second kappa shape index (κ2) is 4.51. The van der Waals surface area contributed by atoms with Crippen molar-refractivity contribution in [2.75, 3.05) is 13.7 Å². The Morgan fingerprint density at radius 3 is 2.48 bits per heavy atom. The summed E-state index contributed by atoms with van der Waals surface area (Å²) in [5, 5.41) is 20.5. The molecule has 21 heavy (non-hydrogen) atoms. The van der Waals surface area contributed by atoms with Crippen LogP contribution in [0.4, 0.5) is 0 Å². The topological polar surface area (TPSA) is 66.8 Å². The Hall–Kier alpha value is -0.970. The van der Waals surface area contributed by atoms with Crippen molar-refractivity contribution in [1.29, 1.82) is 0 Å². The maximum absolute atomic E-state index is 13.0. The maximum Gasteiger partial charge on any atom is 0.170 e. The SMILES string of the molecule is C=C1C(O)C2C(=C(CC)C13CC3)C(=O)C(C)(CO)C2OC. The van der Waals surface area contributed by atoms with E-state index in [2.05, 4.69) is 6.58 Å². The van der Waals surface area contributed by atoms with Gasteiger partial charge in [-0.2, -0.15) is 0 Å².